The summed E-state index contributed by atoms with van der Waals surface area (Å²) >= 11 is 0. The van der Waals surface area contributed by atoms with E-state index in [0.717, 1.165) is 42.5 Å². The molecule has 4 aromatic heterocycles. The van der Waals surface area contributed by atoms with Gasteiger partial charge in [-0.3, -0.25) is 48.0 Å². The van der Waals surface area contributed by atoms with E-state index in [1.54, 1.807) is 14.1 Å². The highest BCUT2D eigenvalue weighted by atomic mass is 32.2. The Kier molecular flexibility index (Phi) is 13.8. The minimum absolute atomic E-state index is 0.00595. The van der Waals surface area contributed by atoms with Crippen LogP contribution in [0.15, 0.2) is 129 Å². The summed E-state index contributed by atoms with van der Waals surface area (Å²) in [5.74, 6) is -2.39. The Labute approximate surface area is 430 Å². The van der Waals surface area contributed by atoms with Crippen molar-refractivity contribution < 1.29 is 75.9 Å². The maximum Gasteiger partial charge on any atom is 0.325 e. The summed E-state index contributed by atoms with van der Waals surface area (Å²) in [4.78, 5) is 63.8. The summed E-state index contributed by atoms with van der Waals surface area (Å²) < 4.78 is 140. The van der Waals surface area contributed by atoms with Gasteiger partial charge >= 0.3 is 6.03 Å². The molecule has 0 saturated carbocycles. The minimum atomic E-state index is -5.01. The van der Waals surface area contributed by atoms with E-state index in [9.17, 15) is 75.9 Å². The zero-order chi connectivity index (χ0) is 55.6. The van der Waals surface area contributed by atoms with Crippen LogP contribution < -0.4 is 31.9 Å². The zero-order valence-electron chi connectivity index (χ0n) is 39.4. The van der Waals surface area contributed by atoms with Crippen LogP contribution in [0.2, 0.25) is 0 Å². The van der Waals surface area contributed by atoms with Crippen LogP contribution in [0.25, 0.3) is 21.5 Å². The van der Waals surface area contributed by atoms with Gasteiger partial charge in [0.15, 0.2) is 0 Å². The van der Waals surface area contributed by atoms with Gasteiger partial charge < -0.3 is 39.5 Å². The Morgan fingerprint density at radius 2 is 0.803 bits per heavy atom. The third-order valence-electron chi connectivity index (χ3n) is 11.5. The molecular weight excluding hydrogens is 1080 g/mol. The molecule has 0 aliphatic heterocycles. The van der Waals surface area contributed by atoms with E-state index >= 15 is 0 Å². The predicted molar refractivity (Wildman–Crippen MR) is 273 cm³/mol. The van der Waals surface area contributed by atoms with Gasteiger partial charge in [-0.15, -0.1) is 0 Å². The largest absolute Gasteiger partial charge is 0.344 e. The van der Waals surface area contributed by atoms with Crippen LogP contribution >= 0.6 is 0 Å². The maximum atomic E-state index is 13.4. The lowest BCUT2D eigenvalue weighted by atomic mass is 10.1. The molecule has 0 aliphatic carbocycles. The fourth-order valence-electron chi connectivity index (χ4n) is 7.85. The van der Waals surface area contributed by atoms with Gasteiger partial charge in [0, 0.05) is 81.1 Å². The molecule has 6 amide bonds. The Bertz CT molecular complexity index is 4290. The van der Waals surface area contributed by atoms with Gasteiger partial charge in [-0.1, -0.05) is 12.1 Å². The van der Waals surface area contributed by atoms with Gasteiger partial charge in [-0.25, -0.2) is 4.79 Å². The van der Waals surface area contributed by atoms with Crippen LogP contribution in [0.5, 0.6) is 0 Å². The van der Waals surface area contributed by atoms with Crippen molar-refractivity contribution in [2.24, 2.45) is 28.2 Å². The van der Waals surface area contributed by atoms with Gasteiger partial charge in [0.1, 0.15) is 32.9 Å². The number of hydrogen-bond donors (Lipinski definition) is 10. The number of fused-ring (bicyclic) bond motifs is 2. The normalized spacial score (nSPS) is 12.1. The molecule has 0 spiro atoms. The van der Waals surface area contributed by atoms with Crippen molar-refractivity contribution in [1.29, 1.82) is 0 Å². The Hall–Kier alpha value is -8.69. The molecule has 8 rings (SSSR count). The van der Waals surface area contributed by atoms with E-state index in [1.165, 1.54) is 99.6 Å². The number of carbonyl (C=O) groups is 5. The number of amides is 6. The predicted octanol–water partition coefficient (Wildman–Crippen LogP) is 4.99. The van der Waals surface area contributed by atoms with Crippen LogP contribution in [0.1, 0.15) is 41.6 Å². The van der Waals surface area contributed by atoms with E-state index < -0.39 is 89.7 Å². The molecule has 4 heterocycles. The van der Waals surface area contributed by atoms with E-state index in [2.05, 4.69) is 31.9 Å². The lowest BCUT2D eigenvalue weighted by Crippen LogP contribution is -2.22. The molecule has 0 fully saturated rings. The SMILES string of the molecule is Cn1cc(NC(=O)c2cc(NC(=O)c3cc(S(=O)(=O)O)c4cc(S(=O)(=O)O)ccc4c3)cn2C)cc1NC(=O)Nc1cc(C(=O)Nc2cc(C(=O)Nc3cc(S(=O)(=O)O)c4cc(S(=O)(=O)O)ccc4c3)cn2C)cn1C. The van der Waals surface area contributed by atoms with E-state index in [-0.39, 0.29) is 78.4 Å². The summed E-state index contributed by atoms with van der Waals surface area (Å²) in [7, 11) is -13.3. The van der Waals surface area contributed by atoms with Crippen molar-refractivity contribution in [3.63, 3.8) is 0 Å². The lowest BCUT2D eigenvalue weighted by Gasteiger charge is -2.10. The molecule has 0 bridgehead atoms. The van der Waals surface area contributed by atoms with Gasteiger partial charge in [0.25, 0.3) is 64.1 Å². The molecule has 31 heteroatoms. The number of carbonyl (C=O) groups excluding carboxylic acids is 5. The number of urea groups is 1. The van der Waals surface area contributed by atoms with E-state index in [4.69, 9.17) is 0 Å². The second kappa shape index (κ2) is 19.5. The Balaban J connectivity index is 0.879. The van der Waals surface area contributed by atoms with Crippen LogP contribution in [0, 0.1) is 0 Å². The van der Waals surface area contributed by atoms with Crippen LogP contribution in [0.3, 0.4) is 0 Å². The fourth-order valence-corrected chi connectivity index (χ4v) is 10.3. The smallest absolute Gasteiger partial charge is 0.325 e. The number of benzene rings is 4. The van der Waals surface area contributed by atoms with Gasteiger partial charge in [-0.2, -0.15) is 33.7 Å². The van der Waals surface area contributed by atoms with Crippen molar-refractivity contribution in [1.82, 2.24) is 18.3 Å². The van der Waals surface area contributed by atoms with Crippen molar-refractivity contribution in [2.75, 3.05) is 31.9 Å². The highest BCUT2D eigenvalue weighted by Gasteiger charge is 2.24. The number of rotatable bonds is 14. The molecule has 0 radical (unpaired) electrons. The third kappa shape index (κ3) is 11.5. The Morgan fingerprint density at radius 1 is 0.382 bits per heavy atom. The summed E-state index contributed by atoms with van der Waals surface area (Å²) in [5, 5.41) is 15.2. The van der Waals surface area contributed by atoms with Gasteiger partial charge in [0.2, 0.25) is 0 Å². The topological polar surface area (TPSA) is 395 Å². The molecule has 0 atom stereocenters. The van der Waals surface area contributed by atoms with Crippen LogP contribution in [-0.2, 0) is 68.7 Å². The number of anilines is 6. The maximum absolute atomic E-state index is 13.4. The first-order valence-corrected chi connectivity index (χ1v) is 27.1. The molecule has 396 valence electrons. The fraction of sp³-hybridized carbons (Fsp3) is 0.0889. The monoisotopic (exact) mass is 1120 g/mol. The van der Waals surface area contributed by atoms with E-state index in [1.807, 2.05) is 0 Å². The standard InChI is InChI=1S/C45H40N10O17S4/c1-52-21-29(47-41(56)25-9-23-5-7-31(73(61,62)63)17-33(23)36(11-25)75(67,68)69)14-35(52)44(59)48-30-16-40(55(4)22-30)51-45(60)50-39-13-27(20-54(39)3)43(58)49-38-12-26(19-53(38)2)42(57)46-28-10-24-6-8-32(74(64,65)66)18-34(24)37(15-28)76(70,71)72/h5-22H,1-4H3,(H,46,57)(H,47,56)(H,48,59)(H,49,58)(H2,50,51,60)(H,61,62,63)(H,64,65,66)(H,67,68,69)(H,70,71,72). The summed E-state index contributed by atoms with van der Waals surface area (Å²) in [6.07, 6.45) is 5.65. The number of aryl methyl sites for hydroxylation is 4. The highest BCUT2D eigenvalue weighted by molar-refractivity contribution is 7.87. The number of hydrogen-bond acceptors (Lipinski definition) is 13. The van der Waals surface area contributed by atoms with Crippen LogP contribution in [0.4, 0.5) is 39.3 Å². The summed E-state index contributed by atoms with van der Waals surface area (Å²) in [6.45, 7) is 0. The molecule has 10 N–H and O–H groups in total. The van der Waals surface area contributed by atoms with Gasteiger partial charge in [-0.05, 0) is 77.5 Å². The second-order valence-corrected chi connectivity index (χ2v) is 22.5. The molecule has 0 unspecified atom stereocenters. The first-order chi connectivity index (χ1) is 35.3. The molecule has 0 aliphatic rings. The summed E-state index contributed by atoms with van der Waals surface area (Å²) in [5.41, 5.74) is 0.108. The molecule has 76 heavy (non-hydrogen) atoms. The van der Waals surface area contributed by atoms with E-state index in [0.29, 0.717) is 0 Å². The third-order valence-corrected chi connectivity index (χ3v) is 15.0. The number of aromatic nitrogens is 4. The molecular formula is C45H40N10O17S4. The molecule has 8 aromatic rings. The molecule has 0 saturated heterocycles. The Morgan fingerprint density at radius 3 is 1.34 bits per heavy atom. The minimum Gasteiger partial charge on any atom is -0.344 e. The quantitative estimate of drug-likeness (QED) is 0.0641. The first kappa shape index (κ1) is 53.6. The lowest BCUT2D eigenvalue weighted by molar-refractivity contribution is 0.101. The van der Waals surface area contributed by atoms with Gasteiger partial charge in [0.05, 0.1) is 32.3 Å². The number of nitrogens with one attached hydrogen (secondary N) is 6. The number of nitrogens with zero attached hydrogens (tertiary/aromatic N) is 4. The van der Waals surface area contributed by atoms with Crippen LogP contribution in [-0.4, -0.2) is 99.8 Å². The van der Waals surface area contributed by atoms with Crippen molar-refractivity contribution >= 4 is 126 Å². The van der Waals surface area contributed by atoms with Crippen molar-refractivity contribution in [3.8, 4) is 0 Å². The first-order valence-electron chi connectivity index (χ1n) is 21.4. The van der Waals surface area contributed by atoms with Crippen molar-refractivity contribution in [2.45, 2.75) is 19.6 Å². The average molecular weight is 1120 g/mol. The summed E-state index contributed by atoms with van der Waals surface area (Å²) in [6, 6.07) is 14.9. The highest BCUT2D eigenvalue weighted by Crippen LogP contribution is 2.32. The molecule has 4 aromatic carbocycles. The zero-order valence-corrected chi connectivity index (χ0v) is 42.7. The second-order valence-electron chi connectivity index (χ2n) is 16.9. The molecule has 27 nitrogen and oxygen atoms in total. The average Bonchev–Trinajstić information content (AvgIpc) is 4.08. The van der Waals surface area contributed by atoms with Crippen molar-refractivity contribution in [3.05, 3.63) is 132 Å².